The van der Waals surface area contributed by atoms with Crippen molar-refractivity contribution in [3.8, 4) is 11.8 Å². The van der Waals surface area contributed by atoms with Crippen LogP contribution in [0.15, 0.2) is 30.5 Å². The van der Waals surface area contributed by atoms with E-state index in [9.17, 15) is 10.1 Å². The zero-order valence-corrected chi connectivity index (χ0v) is 20.3. The fourth-order valence-electron chi connectivity index (χ4n) is 5.19. The monoisotopic (exact) mass is 481 g/mol. The van der Waals surface area contributed by atoms with E-state index in [0.29, 0.717) is 35.5 Å². The first-order valence-electron chi connectivity index (χ1n) is 11.7. The Morgan fingerprint density at radius 3 is 2.56 bits per heavy atom. The molecule has 3 fully saturated rings. The largest absolute Gasteiger partial charge is 0.487 e. The van der Waals surface area contributed by atoms with Crippen LogP contribution in [0.2, 0.25) is 0 Å². The van der Waals surface area contributed by atoms with Crippen molar-refractivity contribution in [3.05, 3.63) is 47.5 Å². The second-order valence-corrected chi connectivity index (χ2v) is 9.94. The van der Waals surface area contributed by atoms with Crippen LogP contribution in [0.3, 0.4) is 0 Å². The summed E-state index contributed by atoms with van der Waals surface area (Å²) in [7, 11) is 2.08. The molecule has 1 spiro atoms. The van der Waals surface area contributed by atoms with Crippen molar-refractivity contribution in [2.24, 2.45) is 0 Å². The molecule has 34 heavy (non-hydrogen) atoms. The molecule has 1 aliphatic carbocycles. The van der Waals surface area contributed by atoms with Crippen LogP contribution in [0.1, 0.15) is 43.4 Å². The summed E-state index contributed by atoms with van der Waals surface area (Å²) >= 11 is 4.80. The molecule has 1 atom stereocenters. The van der Waals surface area contributed by atoms with Crippen molar-refractivity contribution in [1.82, 2.24) is 9.88 Å². The van der Waals surface area contributed by atoms with Gasteiger partial charge in [0, 0.05) is 24.8 Å². The first-order chi connectivity index (χ1) is 16.3. The van der Waals surface area contributed by atoms with E-state index in [4.69, 9.17) is 17.4 Å². The predicted octanol–water partition coefficient (Wildman–Crippen LogP) is 3.86. The number of anilines is 2. The lowest BCUT2D eigenvalue weighted by atomic mass is 9.75. The smallest absolute Gasteiger partial charge is 0.255 e. The van der Waals surface area contributed by atoms with Crippen LogP contribution in [0.5, 0.6) is 5.75 Å². The Morgan fingerprint density at radius 1 is 1.24 bits per heavy atom. The Bertz CT molecular complexity index is 1160. The Labute approximate surface area is 204 Å². The fraction of sp³-hybridized carbons (Fsp3) is 0.480. The summed E-state index contributed by atoms with van der Waals surface area (Å²) in [6, 6.07) is 8.76. The molecule has 1 unspecified atom stereocenters. The van der Waals surface area contributed by atoms with Gasteiger partial charge in [-0.05, 0) is 69.8 Å². The van der Waals surface area contributed by atoms with E-state index in [1.807, 2.05) is 11.0 Å². The van der Waals surface area contributed by atoms with Crippen molar-refractivity contribution >= 4 is 29.9 Å². The molecule has 9 heteroatoms. The number of benzene rings is 1. The van der Waals surface area contributed by atoms with Crippen LogP contribution in [0.25, 0.3) is 0 Å². The molecule has 7 nitrogen and oxygen atoms in total. The number of ether oxygens (including phenoxy) is 1. The number of amides is 1. The summed E-state index contributed by atoms with van der Waals surface area (Å²) in [5, 5.41) is 9.20. The van der Waals surface area contributed by atoms with E-state index in [0.717, 1.165) is 32.4 Å². The van der Waals surface area contributed by atoms with Gasteiger partial charge in [0.2, 0.25) is 0 Å². The van der Waals surface area contributed by atoms with E-state index in [1.165, 1.54) is 12.3 Å². The van der Waals surface area contributed by atoms with Gasteiger partial charge in [0.05, 0.1) is 11.9 Å². The molecule has 1 amide bonds. The summed E-state index contributed by atoms with van der Waals surface area (Å²) in [5.41, 5.74) is 0.818. The highest BCUT2D eigenvalue weighted by Crippen LogP contribution is 2.50. The molecule has 0 radical (unpaired) electrons. The molecule has 0 bridgehead atoms. The van der Waals surface area contributed by atoms with Gasteiger partial charge >= 0.3 is 0 Å². The molecule has 1 saturated carbocycles. The van der Waals surface area contributed by atoms with Crippen LogP contribution < -0.4 is 14.5 Å². The SMILES string of the molecule is Cc1cc(N2C(=O)C3(CCC3)N(c3ccc(OC4CCN(C)CC4)c(F)c3)C2S)cnc1C#N. The zero-order chi connectivity index (χ0) is 24.0. The molecular weight excluding hydrogens is 453 g/mol. The molecule has 5 rings (SSSR count). The zero-order valence-electron chi connectivity index (χ0n) is 19.4. The molecule has 0 N–H and O–H groups in total. The van der Waals surface area contributed by atoms with E-state index >= 15 is 4.39 Å². The number of aromatic nitrogens is 1. The van der Waals surface area contributed by atoms with Crippen LogP contribution in [0, 0.1) is 24.1 Å². The van der Waals surface area contributed by atoms with E-state index in [1.54, 1.807) is 24.0 Å². The van der Waals surface area contributed by atoms with Crippen LogP contribution in [-0.2, 0) is 4.79 Å². The summed E-state index contributed by atoms with van der Waals surface area (Å²) < 4.78 is 21.1. The second-order valence-electron chi connectivity index (χ2n) is 9.48. The number of carbonyl (C=O) groups is 1. The summed E-state index contributed by atoms with van der Waals surface area (Å²) in [5.74, 6) is -0.268. The predicted molar refractivity (Wildman–Crippen MR) is 131 cm³/mol. The van der Waals surface area contributed by atoms with Crippen molar-refractivity contribution in [2.45, 2.75) is 56.2 Å². The molecule has 3 aliphatic rings. The second kappa shape index (κ2) is 8.75. The summed E-state index contributed by atoms with van der Waals surface area (Å²) in [6.45, 7) is 3.66. The van der Waals surface area contributed by atoms with Crippen LogP contribution in [-0.4, -0.2) is 53.1 Å². The van der Waals surface area contributed by atoms with Gasteiger partial charge < -0.3 is 14.5 Å². The first-order valence-corrected chi connectivity index (χ1v) is 12.2. The maximum absolute atomic E-state index is 15.2. The number of likely N-dealkylation sites (tertiary alicyclic amines) is 1. The number of piperidine rings is 1. The Morgan fingerprint density at radius 2 is 1.97 bits per heavy atom. The number of hydrogen-bond acceptors (Lipinski definition) is 7. The third-order valence-corrected chi connectivity index (χ3v) is 7.78. The van der Waals surface area contributed by atoms with Gasteiger partial charge in [0.1, 0.15) is 23.4 Å². The topological polar surface area (TPSA) is 72.7 Å². The van der Waals surface area contributed by atoms with Gasteiger partial charge in [0.25, 0.3) is 5.91 Å². The van der Waals surface area contributed by atoms with Gasteiger partial charge in [-0.25, -0.2) is 9.37 Å². The average Bonchev–Trinajstić information content (AvgIpc) is 3.03. The molecule has 3 heterocycles. The minimum Gasteiger partial charge on any atom is -0.487 e. The van der Waals surface area contributed by atoms with Gasteiger partial charge in [-0.2, -0.15) is 5.26 Å². The normalized spacial score (nSPS) is 22.7. The molecule has 1 aromatic carbocycles. The number of thiol groups is 1. The molecule has 2 aromatic rings. The van der Waals surface area contributed by atoms with Gasteiger partial charge in [-0.15, -0.1) is 12.6 Å². The summed E-state index contributed by atoms with van der Waals surface area (Å²) in [6.07, 6.45) is 5.54. The highest BCUT2D eigenvalue weighted by Gasteiger charge is 2.60. The van der Waals surface area contributed by atoms with Crippen molar-refractivity contribution in [3.63, 3.8) is 0 Å². The lowest BCUT2D eigenvalue weighted by molar-refractivity contribution is -0.124. The van der Waals surface area contributed by atoms with E-state index in [2.05, 4.69) is 23.0 Å². The third-order valence-electron chi connectivity index (χ3n) is 7.32. The van der Waals surface area contributed by atoms with E-state index in [-0.39, 0.29) is 17.8 Å². The van der Waals surface area contributed by atoms with Crippen LogP contribution >= 0.6 is 12.6 Å². The maximum atomic E-state index is 15.2. The maximum Gasteiger partial charge on any atom is 0.255 e. The number of rotatable bonds is 4. The number of hydrogen-bond donors (Lipinski definition) is 1. The molecule has 1 aromatic heterocycles. The number of nitrogens with zero attached hydrogens (tertiary/aromatic N) is 5. The number of halogens is 1. The van der Waals surface area contributed by atoms with E-state index < -0.39 is 16.9 Å². The number of nitriles is 1. The Kier molecular flexibility index (Phi) is 5.90. The minimum absolute atomic E-state index is 0.00290. The Balaban J connectivity index is 1.43. The standard InChI is InChI=1S/C25H28FN5O2S/c1-16-12-18(15-28-21(16)14-27)30-23(32)25(8-3-9-25)31(24(30)34)17-4-5-22(20(26)13-17)33-19-6-10-29(2)11-7-19/h4-5,12-13,15,19,24,34H,3,6-11H2,1-2H3. The molecular formula is C25H28FN5O2S. The average molecular weight is 482 g/mol. The number of aryl methyl sites for hydroxylation is 1. The summed E-state index contributed by atoms with van der Waals surface area (Å²) in [4.78, 5) is 23.6. The highest BCUT2D eigenvalue weighted by atomic mass is 32.1. The lowest BCUT2D eigenvalue weighted by Gasteiger charge is -2.44. The van der Waals surface area contributed by atoms with Crippen molar-refractivity contribution < 1.29 is 13.9 Å². The quantitative estimate of drug-likeness (QED) is 0.669. The minimum atomic E-state index is -0.753. The van der Waals surface area contributed by atoms with Crippen molar-refractivity contribution in [2.75, 3.05) is 29.9 Å². The van der Waals surface area contributed by atoms with Crippen LogP contribution in [0.4, 0.5) is 15.8 Å². The molecule has 178 valence electrons. The highest BCUT2D eigenvalue weighted by molar-refractivity contribution is 7.81. The van der Waals surface area contributed by atoms with Crippen molar-refractivity contribution in [1.29, 1.82) is 5.26 Å². The lowest BCUT2D eigenvalue weighted by Crippen LogP contribution is -2.55. The van der Waals surface area contributed by atoms with Gasteiger partial charge in [-0.3, -0.25) is 9.69 Å². The Hall–Kier alpha value is -2.83. The molecule has 2 aliphatic heterocycles. The number of carbonyl (C=O) groups excluding carboxylic acids is 1. The third kappa shape index (κ3) is 3.69. The van der Waals surface area contributed by atoms with Gasteiger partial charge in [-0.1, -0.05) is 0 Å². The number of pyridine rings is 1. The molecule has 2 saturated heterocycles. The fourth-order valence-corrected chi connectivity index (χ4v) is 5.78. The first kappa shape index (κ1) is 22.9. The van der Waals surface area contributed by atoms with Gasteiger partial charge in [0.15, 0.2) is 17.1 Å².